The van der Waals surface area contributed by atoms with E-state index >= 15 is 0 Å². The summed E-state index contributed by atoms with van der Waals surface area (Å²) >= 11 is 6.16. The Hall–Kier alpha value is -1.28. The predicted molar refractivity (Wildman–Crippen MR) is 76.6 cm³/mol. The van der Waals surface area contributed by atoms with Crippen LogP contribution in [0.4, 0.5) is 0 Å². The van der Waals surface area contributed by atoms with Gasteiger partial charge in [-0.25, -0.2) is 0 Å². The lowest BCUT2D eigenvalue weighted by Crippen LogP contribution is -2.17. The zero-order chi connectivity index (χ0) is 13.3. The average Bonchev–Trinajstić information content (AvgIpc) is 2.37. The zero-order valence-corrected chi connectivity index (χ0v) is 12.0. The lowest BCUT2D eigenvalue weighted by molar-refractivity contribution is 0.415. The number of ether oxygens (including phenoxy) is 1. The summed E-state index contributed by atoms with van der Waals surface area (Å²) in [7, 11) is 1.62. The Labute approximate surface area is 113 Å². The van der Waals surface area contributed by atoms with Gasteiger partial charge in [-0.3, -0.25) is 4.98 Å². The maximum atomic E-state index is 6.16. The molecule has 0 spiro atoms. The fraction of sp³-hybridized carbons (Fsp3) is 0.400. The van der Waals surface area contributed by atoms with Crippen LogP contribution in [-0.4, -0.2) is 12.1 Å². The van der Waals surface area contributed by atoms with E-state index in [9.17, 15) is 0 Å². The summed E-state index contributed by atoms with van der Waals surface area (Å²) in [6.45, 7) is 6.57. The molecule has 0 aliphatic rings. The smallest absolute Gasteiger partial charge is 0.138 e. The molecule has 0 bridgehead atoms. The molecule has 2 rings (SSSR count). The van der Waals surface area contributed by atoms with Gasteiger partial charge < -0.3 is 4.74 Å². The number of hydrogen-bond donors (Lipinski definition) is 0. The third-order valence-corrected chi connectivity index (χ3v) is 3.87. The van der Waals surface area contributed by atoms with Gasteiger partial charge in [0.1, 0.15) is 5.75 Å². The summed E-state index contributed by atoms with van der Waals surface area (Å²) in [6.07, 6.45) is 2.94. The van der Waals surface area contributed by atoms with Crippen LogP contribution in [0.25, 0.3) is 10.8 Å². The summed E-state index contributed by atoms with van der Waals surface area (Å²) in [5.74, 6) is 0.688. The van der Waals surface area contributed by atoms with Crippen LogP contribution in [0.15, 0.2) is 24.4 Å². The van der Waals surface area contributed by atoms with Crippen molar-refractivity contribution >= 4 is 22.4 Å². The molecule has 2 nitrogen and oxygen atoms in total. The van der Waals surface area contributed by atoms with E-state index in [1.54, 1.807) is 7.11 Å². The molecule has 0 aliphatic carbocycles. The first-order valence-electron chi connectivity index (χ1n) is 6.11. The molecule has 1 aromatic carbocycles. The molecule has 0 atom stereocenters. The number of benzene rings is 1. The molecule has 0 fully saturated rings. The molecule has 2 aromatic rings. The van der Waals surface area contributed by atoms with Gasteiger partial charge in [-0.1, -0.05) is 32.4 Å². The molecule has 3 heteroatoms. The molecule has 0 aliphatic heterocycles. The minimum absolute atomic E-state index is 0.0839. The number of nitrogens with zero attached hydrogens (tertiary/aromatic N) is 1. The predicted octanol–water partition coefficient (Wildman–Crippen LogP) is 4.58. The number of rotatable bonds is 3. The maximum absolute atomic E-state index is 6.16. The standard InChI is InChI=1S/C15H18ClNO/c1-5-15(2,3)14-8-10-6-12(16)13(18-4)7-11(10)9-17-14/h6-9H,5H2,1-4H3. The summed E-state index contributed by atoms with van der Waals surface area (Å²) in [5, 5.41) is 2.79. The van der Waals surface area contributed by atoms with Gasteiger partial charge in [0.2, 0.25) is 0 Å². The maximum Gasteiger partial charge on any atom is 0.138 e. The largest absolute Gasteiger partial charge is 0.495 e. The number of halogens is 1. The van der Waals surface area contributed by atoms with E-state index in [2.05, 4.69) is 31.8 Å². The van der Waals surface area contributed by atoms with Crippen molar-refractivity contribution in [2.75, 3.05) is 7.11 Å². The second-order valence-electron chi connectivity index (χ2n) is 5.14. The molecule has 96 valence electrons. The lowest BCUT2D eigenvalue weighted by Gasteiger charge is -2.22. The Morgan fingerprint density at radius 1 is 1.22 bits per heavy atom. The van der Waals surface area contributed by atoms with E-state index in [-0.39, 0.29) is 5.41 Å². The highest BCUT2D eigenvalue weighted by atomic mass is 35.5. The van der Waals surface area contributed by atoms with Gasteiger partial charge in [0.15, 0.2) is 0 Å². The van der Waals surface area contributed by atoms with Gasteiger partial charge in [-0.2, -0.15) is 0 Å². The summed E-state index contributed by atoms with van der Waals surface area (Å²) in [5.41, 5.74) is 1.18. The van der Waals surface area contributed by atoms with Crippen molar-refractivity contribution in [3.05, 3.63) is 35.1 Å². The molecular formula is C15H18ClNO. The van der Waals surface area contributed by atoms with Crippen molar-refractivity contribution in [2.45, 2.75) is 32.6 Å². The van der Waals surface area contributed by atoms with E-state index < -0.39 is 0 Å². The quantitative estimate of drug-likeness (QED) is 0.808. The molecule has 0 N–H and O–H groups in total. The Kier molecular flexibility index (Phi) is 3.49. The highest BCUT2D eigenvalue weighted by Crippen LogP contribution is 2.32. The third-order valence-electron chi connectivity index (χ3n) is 3.57. The first-order valence-corrected chi connectivity index (χ1v) is 6.49. The number of aromatic nitrogens is 1. The van der Waals surface area contributed by atoms with Crippen LogP contribution < -0.4 is 4.74 Å². The normalized spacial score (nSPS) is 11.8. The first-order chi connectivity index (χ1) is 8.47. The highest BCUT2D eigenvalue weighted by Gasteiger charge is 2.20. The molecular weight excluding hydrogens is 246 g/mol. The number of methoxy groups -OCH3 is 1. The van der Waals surface area contributed by atoms with Gasteiger partial charge >= 0.3 is 0 Å². The Balaban J connectivity index is 2.59. The third kappa shape index (κ3) is 2.30. The average molecular weight is 264 g/mol. The minimum Gasteiger partial charge on any atom is -0.495 e. The van der Waals surface area contributed by atoms with Crippen molar-refractivity contribution in [1.82, 2.24) is 4.98 Å². The van der Waals surface area contributed by atoms with Crippen LogP contribution in [0.3, 0.4) is 0 Å². The second-order valence-corrected chi connectivity index (χ2v) is 5.55. The fourth-order valence-corrected chi connectivity index (χ4v) is 2.10. The van der Waals surface area contributed by atoms with Crippen LogP contribution in [0, 0.1) is 0 Å². The van der Waals surface area contributed by atoms with Crippen LogP contribution in [-0.2, 0) is 5.41 Å². The van der Waals surface area contributed by atoms with Gasteiger partial charge in [0.25, 0.3) is 0 Å². The SMILES string of the molecule is CCC(C)(C)c1cc2cc(Cl)c(OC)cc2cn1. The van der Waals surface area contributed by atoms with Gasteiger partial charge in [-0.15, -0.1) is 0 Å². The fourth-order valence-electron chi connectivity index (χ4n) is 1.85. The Morgan fingerprint density at radius 2 is 1.94 bits per heavy atom. The van der Waals surface area contributed by atoms with Crippen molar-refractivity contribution in [3.63, 3.8) is 0 Å². The number of pyridine rings is 1. The van der Waals surface area contributed by atoms with E-state index in [4.69, 9.17) is 16.3 Å². The Bertz CT molecular complexity index is 578. The van der Waals surface area contributed by atoms with Gasteiger partial charge in [0, 0.05) is 22.7 Å². The summed E-state index contributed by atoms with van der Waals surface area (Å²) in [4.78, 5) is 4.56. The molecule has 18 heavy (non-hydrogen) atoms. The van der Waals surface area contributed by atoms with Crippen molar-refractivity contribution < 1.29 is 4.74 Å². The second kappa shape index (κ2) is 4.77. The van der Waals surface area contributed by atoms with Crippen molar-refractivity contribution in [3.8, 4) is 5.75 Å². The van der Waals surface area contributed by atoms with E-state index in [0.717, 1.165) is 22.9 Å². The van der Waals surface area contributed by atoms with E-state index in [0.29, 0.717) is 10.8 Å². The summed E-state index contributed by atoms with van der Waals surface area (Å²) < 4.78 is 5.21. The van der Waals surface area contributed by atoms with Crippen LogP contribution in [0.2, 0.25) is 5.02 Å². The number of hydrogen-bond acceptors (Lipinski definition) is 2. The van der Waals surface area contributed by atoms with Gasteiger partial charge in [0.05, 0.1) is 12.1 Å². The van der Waals surface area contributed by atoms with Crippen LogP contribution in [0.1, 0.15) is 32.9 Å². The zero-order valence-electron chi connectivity index (χ0n) is 11.2. The van der Waals surface area contributed by atoms with Crippen molar-refractivity contribution in [1.29, 1.82) is 0 Å². The van der Waals surface area contributed by atoms with E-state index in [1.807, 2.05) is 18.3 Å². The molecule has 0 saturated heterocycles. The summed E-state index contributed by atoms with van der Waals surface area (Å²) in [6, 6.07) is 5.98. The van der Waals surface area contributed by atoms with Crippen molar-refractivity contribution in [2.24, 2.45) is 0 Å². The topological polar surface area (TPSA) is 22.1 Å². The molecule has 0 saturated carbocycles. The van der Waals surface area contributed by atoms with Crippen LogP contribution >= 0.6 is 11.6 Å². The molecule has 1 aromatic heterocycles. The van der Waals surface area contributed by atoms with E-state index in [1.165, 1.54) is 0 Å². The molecule has 1 heterocycles. The van der Waals surface area contributed by atoms with Gasteiger partial charge in [-0.05, 0) is 30.0 Å². The molecule has 0 radical (unpaired) electrons. The molecule has 0 amide bonds. The first kappa shape index (κ1) is 13.2. The number of fused-ring (bicyclic) bond motifs is 1. The monoisotopic (exact) mass is 263 g/mol. The lowest BCUT2D eigenvalue weighted by atomic mass is 9.85. The highest BCUT2D eigenvalue weighted by molar-refractivity contribution is 6.32. The Morgan fingerprint density at radius 3 is 2.56 bits per heavy atom. The minimum atomic E-state index is 0.0839. The molecule has 0 unspecified atom stereocenters. The van der Waals surface area contributed by atoms with Crippen LogP contribution in [0.5, 0.6) is 5.75 Å².